The van der Waals surface area contributed by atoms with Gasteiger partial charge in [0.2, 0.25) is 5.95 Å². The smallest absolute Gasteiger partial charge is 0.251 e. The first-order valence-corrected chi connectivity index (χ1v) is 9.71. The molecular weight excluding hydrogens is 348 g/mol. The lowest BCUT2D eigenvalue weighted by molar-refractivity contribution is 0.0951. The molecule has 1 fully saturated rings. The summed E-state index contributed by atoms with van der Waals surface area (Å²) in [7, 11) is 0. The van der Waals surface area contributed by atoms with Crippen molar-refractivity contribution in [3.63, 3.8) is 0 Å². The van der Waals surface area contributed by atoms with E-state index in [2.05, 4.69) is 20.2 Å². The highest BCUT2D eigenvalue weighted by atomic mass is 16.1. The van der Waals surface area contributed by atoms with E-state index in [0.29, 0.717) is 12.1 Å². The molecular formula is C23H24N4O. The Labute approximate surface area is 165 Å². The lowest BCUT2D eigenvalue weighted by Gasteiger charge is -2.14. The summed E-state index contributed by atoms with van der Waals surface area (Å²) in [5, 5.41) is 3.00. The fraction of sp³-hybridized carbons (Fsp3) is 0.261. The molecule has 1 N–H and O–H groups in total. The number of amides is 1. The van der Waals surface area contributed by atoms with Crippen molar-refractivity contribution < 1.29 is 4.79 Å². The Morgan fingerprint density at radius 3 is 2.50 bits per heavy atom. The topological polar surface area (TPSA) is 58.1 Å². The third-order valence-electron chi connectivity index (χ3n) is 5.19. The van der Waals surface area contributed by atoms with Crippen molar-refractivity contribution >= 4 is 11.9 Å². The molecule has 3 aromatic rings. The number of nitrogens with one attached hydrogen (secondary N) is 1. The molecule has 1 saturated heterocycles. The van der Waals surface area contributed by atoms with Crippen molar-refractivity contribution in [3.8, 4) is 11.1 Å². The minimum atomic E-state index is -0.0836. The van der Waals surface area contributed by atoms with Crippen LogP contribution in [-0.2, 0) is 6.54 Å². The lowest BCUT2D eigenvalue weighted by atomic mass is 10.1. The van der Waals surface area contributed by atoms with Crippen LogP contribution in [0.15, 0.2) is 60.9 Å². The lowest BCUT2D eigenvalue weighted by Crippen LogP contribution is -2.23. The summed E-state index contributed by atoms with van der Waals surface area (Å²) < 4.78 is 0. The number of nitrogens with zero attached hydrogens (tertiary/aromatic N) is 3. The van der Waals surface area contributed by atoms with E-state index in [4.69, 9.17) is 0 Å². The molecule has 0 unspecified atom stereocenters. The number of hydrogen-bond acceptors (Lipinski definition) is 4. The molecule has 0 atom stereocenters. The van der Waals surface area contributed by atoms with Gasteiger partial charge in [-0.15, -0.1) is 0 Å². The minimum absolute atomic E-state index is 0.0836. The van der Waals surface area contributed by atoms with Gasteiger partial charge in [0.05, 0.1) is 0 Å². The Bertz CT molecular complexity index is 962. The van der Waals surface area contributed by atoms with E-state index in [1.54, 1.807) is 0 Å². The quantitative estimate of drug-likeness (QED) is 0.736. The van der Waals surface area contributed by atoms with Crippen LogP contribution < -0.4 is 10.2 Å². The van der Waals surface area contributed by atoms with E-state index < -0.39 is 0 Å². The molecule has 2 heterocycles. The molecule has 5 nitrogen and oxygen atoms in total. The van der Waals surface area contributed by atoms with Crippen LogP contribution in [0.25, 0.3) is 11.1 Å². The first-order chi connectivity index (χ1) is 13.7. The van der Waals surface area contributed by atoms with Gasteiger partial charge in [-0.2, -0.15) is 0 Å². The van der Waals surface area contributed by atoms with Crippen molar-refractivity contribution in [1.29, 1.82) is 0 Å². The molecule has 0 bridgehead atoms. The molecule has 2 aromatic carbocycles. The number of aryl methyl sites for hydroxylation is 1. The zero-order valence-corrected chi connectivity index (χ0v) is 16.1. The maximum Gasteiger partial charge on any atom is 0.251 e. The number of rotatable bonds is 5. The van der Waals surface area contributed by atoms with Gasteiger partial charge in [0.25, 0.3) is 5.91 Å². The van der Waals surface area contributed by atoms with Gasteiger partial charge in [0, 0.05) is 43.2 Å². The van der Waals surface area contributed by atoms with Crippen LogP contribution in [0.3, 0.4) is 0 Å². The molecule has 1 aliphatic rings. The maximum atomic E-state index is 12.6. The SMILES string of the molecule is Cc1ccccc1CNC(=O)c1cccc(-c2cnc(N3CCCC3)nc2)c1. The Hall–Kier alpha value is -3.21. The zero-order valence-electron chi connectivity index (χ0n) is 16.1. The monoisotopic (exact) mass is 372 g/mol. The van der Waals surface area contributed by atoms with E-state index in [9.17, 15) is 4.79 Å². The highest BCUT2D eigenvalue weighted by Gasteiger charge is 2.15. The normalized spacial score (nSPS) is 13.5. The summed E-state index contributed by atoms with van der Waals surface area (Å²) in [6.07, 6.45) is 6.07. The van der Waals surface area contributed by atoms with Crippen molar-refractivity contribution in [2.75, 3.05) is 18.0 Å². The largest absolute Gasteiger partial charge is 0.348 e. The van der Waals surface area contributed by atoms with Gasteiger partial charge in [-0.05, 0) is 48.6 Å². The van der Waals surface area contributed by atoms with Crippen molar-refractivity contribution in [2.45, 2.75) is 26.3 Å². The molecule has 1 aliphatic heterocycles. The summed E-state index contributed by atoms with van der Waals surface area (Å²) >= 11 is 0. The van der Waals surface area contributed by atoms with Gasteiger partial charge in [-0.3, -0.25) is 4.79 Å². The van der Waals surface area contributed by atoms with Crippen LogP contribution in [0.1, 0.15) is 34.3 Å². The number of carbonyl (C=O) groups excluding carboxylic acids is 1. The van der Waals surface area contributed by atoms with Gasteiger partial charge in [-0.1, -0.05) is 36.4 Å². The highest BCUT2D eigenvalue weighted by Crippen LogP contribution is 2.22. The van der Waals surface area contributed by atoms with E-state index in [1.165, 1.54) is 18.4 Å². The third-order valence-corrected chi connectivity index (χ3v) is 5.19. The van der Waals surface area contributed by atoms with Crippen LogP contribution in [0.2, 0.25) is 0 Å². The predicted octanol–water partition coefficient (Wildman–Crippen LogP) is 3.98. The molecule has 142 valence electrons. The van der Waals surface area contributed by atoms with Crippen molar-refractivity contribution in [1.82, 2.24) is 15.3 Å². The zero-order chi connectivity index (χ0) is 19.3. The van der Waals surface area contributed by atoms with Gasteiger partial charge in [0.15, 0.2) is 0 Å². The number of aromatic nitrogens is 2. The summed E-state index contributed by atoms with van der Waals surface area (Å²) in [6, 6.07) is 15.7. The second kappa shape index (κ2) is 8.21. The Kier molecular flexibility index (Phi) is 5.33. The number of benzene rings is 2. The Morgan fingerprint density at radius 2 is 1.75 bits per heavy atom. The van der Waals surface area contributed by atoms with Crippen LogP contribution in [-0.4, -0.2) is 29.0 Å². The molecule has 1 amide bonds. The van der Waals surface area contributed by atoms with Crippen LogP contribution in [0.4, 0.5) is 5.95 Å². The van der Waals surface area contributed by atoms with E-state index in [1.807, 2.05) is 67.8 Å². The average Bonchev–Trinajstić information content (AvgIpc) is 3.28. The van der Waals surface area contributed by atoms with Gasteiger partial charge < -0.3 is 10.2 Å². The summed E-state index contributed by atoms with van der Waals surface area (Å²) in [6.45, 7) is 4.61. The summed E-state index contributed by atoms with van der Waals surface area (Å²) in [5.74, 6) is 0.702. The van der Waals surface area contributed by atoms with E-state index in [-0.39, 0.29) is 5.91 Å². The number of hydrogen-bond donors (Lipinski definition) is 1. The van der Waals surface area contributed by atoms with Crippen LogP contribution >= 0.6 is 0 Å². The molecule has 4 rings (SSSR count). The molecule has 0 saturated carbocycles. The molecule has 0 spiro atoms. The highest BCUT2D eigenvalue weighted by molar-refractivity contribution is 5.95. The van der Waals surface area contributed by atoms with Gasteiger partial charge in [0.1, 0.15) is 0 Å². The molecule has 28 heavy (non-hydrogen) atoms. The second-order valence-electron chi connectivity index (χ2n) is 7.16. The average molecular weight is 372 g/mol. The molecule has 0 radical (unpaired) electrons. The first-order valence-electron chi connectivity index (χ1n) is 9.71. The summed E-state index contributed by atoms with van der Waals surface area (Å²) in [5.41, 5.74) is 4.78. The molecule has 1 aromatic heterocycles. The van der Waals surface area contributed by atoms with E-state index >= 15 is 0 Å². The Balaban J connectivity index is 1.46. The van der Waals surface area contributed by atoms with Crippen molar-refractivity contribution in [3.05, 3.63) is 77.6 Å². The standard InChI is InChI=1S/C23H24N4O/c1-17-7-2-3-8-20(17)14-24-22(28)19-10-6-9-18(13-19)21-15-25-23(26-16-21)27-11-4-5-12-27/h2-3,6-10,13,15-16H,4-5,11-12,14H2,1H3,(H,24,28). The first kappa shape index (κ1) is 18.2. The molecule has 0 aliphatic carbocycles. The maximum absolute atomic E-state index is 12.6. The second-order valence-corrected chi connectivity index (χ2v) is 7.16. The fourth-order valence-corrected chi connectivity index (χ4v) is 3.48. The number of carbonyl (C=O) groups is 1. The third kappa shape index (κ3) is 4.03. The van der Waals surface area contributed by atoms with Gasteiger partial charge in [-0.25, -0.2) is 9.97 Å². The van der Waals surface area contributed by atoms with Crippen molar-refractivity contribution in [2.24, 2.45) is 0 Å². The predicted molar refractivity (Wildman–Crippen MR) is 111 cm³/mol. The fourth-order valence-electron chi connectivity index (χ4n) is 3.48. The van der Waals surface area contributed by atoms with Crippen LogP contribution in [0, 0.1) is 6.92 Å². The number of anilines is 1. The van der Waals surface area contributed by atoms with E-state index in [0.717, 1.165) is 35.7 Å². The van der Waals surface area contributed by atoms with Crippen LogP contribution in [0.5, 0.6) is 0 Å². The minimum Gasteiger partial charge on any atom is -0.348 e. The molecule has 5 heteroatoms. The Morgan fingerprint density at radius 1 is 1.00 bits per heavy atom. The van der Waals surface area contributed by atoms with Gasteiger partial charge >= 0.3 is 0 Å². The summed E-state index contributed by atoms with van der Waals surface area (Å²) in [4.78, 5) is 23.8.